The largest absolute Gasteiger partial charge is 0.126 e. The normalized spacial score (nSPS) is 14.6. The maximum Gasteiger partial charge on any atom is 0.0315 e. The third-order valence-corrected chi connectivity index (χ3v) is 3.45. The zero-order chi connectivity index (χ0) is 11.3. The van der Waals surface area contributed by atoms with Crippen molar-refractivity contribution >= 4 is 11.6 Å². The molecule has 0 bridgehead atoms. The van der Waals surface area contributed by atoms with E-state index in [1.165, 1.54) is 11.1 Å². The first kappa shape index (κ1) is 12.3. The molecule has 1 atom stereocenters. The zero-order valence-corrected chi connectivity index (χ0v) is 10.3. The van der Waals surface area contributed by atoms with Crippen LogP contribution in [0.3, 0.4) is 0 Å². The van der Waals surface area contributed by atoms with Crippen LogP contribution in [0.2, 0.25) is 0 Å². The Labute approximate surface area is 98.0 Å². The molecule has 0 spiro atoms. The second kappa shape index (κ2) is 5.37. The van der Waals surface area contributed by atoms with Gasteiger partial charge in [0.25, 0.3) is 0 Å². The quantitative estimate of drug-likeness (QED) is 0.517. The molecule has 0 saturated heterocycles. The van der Waals surface area contributed by atoms with Crippen molar-refractivity contribution in [3.63, 3.8) is 0 Å². The van der Waals surface area contributed by atoms with Crippen LogP contribution in [0.4, 0.5) is 0 Å². The Morgan fingerprint density at radius 3 is 2.20 bits per heavy atom. The van der Waals surface area contributed by atoms with E-state index in [1.807, 2.05) is 6.08 Å². The Morgan fingerprint density at radius 1 is 1.27 bits per heavy atom. The third-order valence-electron chi connectivity index (χ3n) is 2.84. The molecule has 1 aromatic rings. The van der Waals surface area contributed by atoms with Crippen molar-refractivity contribution in [3.8, 4) is 0 Å². The highest BCUT2D eigenvalue weighted by atomic mass is 35.5. The van der Waals surface area contributed by atoms with Crippen LogP contribution < -0.4 is 0 Å². The molecule has 0 heterocycles. The first-order chi connectivity index (χ1) is 7.13. The monoisotopic (exact) mass is 222 g/mol. The van der Waals surface area contributed by atoms with E-state index >= 15 is 0 Å². The van der Waals surface area contributed by atoms with Crippen molar-refractivity contribution in [3.05, 3.63) is 48.0 Å². The van der Waals surface area contributed by atoms with Gasteiger partial charge in [-0.25, -0.2) is 0 Å². The van der Waals surface area contributed by atoms with Gasteiger partial charge in [0.2, 0.25) is 0 Å². The molecule has 0 aliphatic carbocycles. The summed E-state index contributed by atoms with van der Waals surface area (Å²) in [5.74, 6) is 0.617. The Morgan fingerprint density at radius 2 is 1.80 bits per heavy atom. The van der Waals surface area contributed by atoms with E-state index in [4.69, 9.17) is 11.6 Å². The van der Waals surface area contributed by atoms with Crippen molar-refractivity contribution in [1.29, 1.82) is 0 Å². The van der Waals surface area contributed by atoms with E-state index in [-0.39, 0.29) is 5.41 Å². The van der Waals surface area contributed by atoms with Gasteiger partial charge in [-0.1, -0.05) is 44.2 Å². The number of rotatable bonds is 5. The van der Waals surface area contributed by atoms with Crippen LogP contribution in [0.15, 0.2) is 36.9 Å². The molecule has 0 aliphatic rings. The van der Waals surface area contributed by atoms with Crippen LogP contribution in [0, 0.1) is 5.41 Å². The van der Waals surface area contributed by atoms with E-state index < -0.39 is 0 Å². The van der Waals surface area contributed by atoms with Crippen LogP contribution in [-0.2, 0) is 12.8 Å². The van der Waals surface area contributed by atoms with Gasteiger partial charge in [-0.3, -0.25) is 0 Å². The Kier molecular flexibility index (Phi) is 4.41. The standard InChI is InChI=1S/C14H19Cl/c1-4-12-6-8-13(9-7-12)10-14(3,5-2)11-15/h5-9H,2,4,10-11H2,1,3H3. The lowest BCUT2D eigenvalue weighted by atomic mass is 9.85. The predicted octanol–water partition coefficient (Wildman–Crippen LogP) is 4.22. The first-order valence-corrected chi connectivity index (χ1v) is 5.94. The minimum absolute atomic E-state index is 0.00921. The molecular formula is C14H19Cl. The second-order valence-electron chi connectivity index (χ2n) is 4.34. The molecule has 0 aliphatic heterocycles. The van der Waals surface area contributed by atoms with Gasteiger partial charge in [-0.15, -0.1) is 18.2 Å². The summed E-state index contributed by atoms with van der Waals surface area (Å²) in [6.07, 6.45) is 4.01. The number of allylic oxidation sites excluding steroid dienone is 1. The average molecular weight is 223 g/mol. The molecule has 15 heavy (non-hydrogen) atoms. The highest BCUT2D eigenvalue weighted by Crippen LogP contribution is 2.25. The second-order valence-corrected chi connectivity index (χ2v) is 4.61. The molecule has 1 unspecified atom stereocenters. The van der Waals surface area contributed by atoms with Gasteiger partial charge in [-0.05, 0) is 24.0 Å². The highest BCUT2D eigenvalue weighted by Gasteiger charge is 2.19. The molecule has 0 aromatic heterocycles. The Balaban J connectivity index is 2.76. The lowest BCUT2D eigenvalue weighted by Gasteiger charge is -2.22. The molecule has 0 saturated carbocycles. The van der Waals surface area contributed by atoms with Crippen LogP contribution in [-0.4, -0.2) is 5.88 Å². The van der Waals surface area contributed by atoms with Gasteiger partial charge < -0.3 is 0 Å². The molecule has 1 rings (SSSR count). The van der Waals surface area contributed by atoms with Crippen molar-refractivity contribution < 1.29 is 0 Å². The topological polar surface area (TPSA) is 0 Å². The van der Waals surface area contributed by atoms with E-state index in [0.717, 1.165) is 12.8 Å². The Bertz CT molecular complexity index is 313. The lowest BCUT2D eigenvalue weighted by molar-refractivity contribution is 0.486. The number of aryl methyl sites for hydroxylation is 1. The highest BCUT2D eigenvalue weighted by molar-refractivity contribution is 6.18. The third kappa shape index (κ3) is 3.39. The van der Waals surface area contributed by atoms with Crippen molar-refractivity contribution in [2.75, 3.05) is 5.88 Å². The van der Waals surface area contributed by atoms with Gasteiger partial charge in [-0.2, -0.15) is 0 Å². The lowest BCUT2D eigenvalue weighted by Crippen LogP contribution is -2.18. The summed E-state index contributed by atoms with van der Waals surface area (Å²) >= 11 is 5.95. The van der Waals surface area contributed by atoms with Crippen LogP contribution in [0.25, 0.3) is 0 Å². The van der Waals surface area contributed by atoms with Gasteiger partial charge >= 0.3 is 0 Å². The Hall–Kier alpha value is -0.750. The summed E-state index contributed by atoms with van der Waals surface area (Å²) in [4.78, 5) is 0. The average Bonchev–Trinajstić information content (AvgIpc) is 2.30. The SMILES string of the molecule is C=CC(C)(CCl)Cc1ccc(CC)cc1. The number of alkyl halides is 1. The summed E-state index contributed by atoms with van der Waals surface area (Å²) in [7, 11) is 0. The summed E-state index contributed by atoms with van der Waals surface area (Å²) in [5, 5.41) is 0. The van der Waals surface area contributed by atoms with Crippen LogP contribution >= 0.6 is 11.6 Å². The van der Waals surface area contributed by atoms with E-state index in [1.54, 1.807) is 0 Å². The first-order valence-electron chi connectivity index (χ1n) is 5.41. The van der Waals surface area contributed by atoms with Gasteiger partial charge in [0.05, 0.1) is 0 Å². The summed E-state index contributed by atoms with van der Waals surface area (Å²) in [5.41, 5.74) is 2.72. The van der Waals surface area contributed by atoms with E-state index in [0.29, 0.717) is 5.88 Å². The van der Waals surface area contributed by atoms with E-state index in [9.17, 15) is 0 Å². The molecular weight excluding hydrogens is 204 g/mol. The molecule has 0 nitrogen and oxygen atoms in total. The summed E-state index contributed by atoms with van der Waals surface area (Å²) < 4.78 is 0. The fraction of sp³-hybridized carbons (Fsp3) is 0.429. The molecule has 1 aromatic carbocycles. The molecule has 0 N–H and O–H groups in total. The number of benzene rings is 1. The predicted molar refractivity (Wildman–Crippen MR) is 68.5 cm³/mol. The van der Waals surface area contributed by atoms with Crippen molar-refractivity contribution in [2.24, 2.45) is 5.41 Å². The molecule has 82 valence electrons. The number of hydrogen-bond donors (Lipinski definition) is 0. The maximum atomic E-state index is 5.95. The zero-order valence-electron chi connectivity index (χ0n) is 9.59. The van der Waals surface area contributed by atoms with Crippen LogP contribution in [0.1, 0.15) is 25.0 Å². The fourth-order valence-corrected chi connectivity index (χ4v) is 1.74. The maximum absolute atomic E-state index is 5.95. The minimum Gasteiger partial charge on any atom is -0.126 e. The van der Waals surface area contributed by atoms with Gasteiger partial charge in [0.1, 0.15) is 0 Å². The minimum atomic E-state index is 0.00921. The number of halogens is 1. The summed E-state index contributed by atoms with van der Waals surface area (Å²) in [6, 6.07) is 8.75. The van der Waals surface area contributed by atoms with Gasteiger partial charge in [0, 0.05) is 11.3 Å². The summed E-state index contributed by atoms with van der Waals surface area (Å²) in [6.45, 7) is 8.16. The number of hydrogen-bond acceptors (Lipinski definition) is 0. The molecule has 0 fully saturated rings. The van der Waals surface area contributed by atoms with Gasteiger partial charge in [0.15, 0.2) is 0 Å². The van der Waals surface area contributed by atoms with E-state index in [2.05, 4.69) is 44.7 Å². The molecule has 0 amide bonds. The fourth-order valence-electron chi connectivity index (χ4n) is 1.53. The molecule has 0 radical (unpaired) electrons. The molecule has 1 heteroatoms. The smallest absolute Gasteiger partial charge is 0.0315 e. The van der Waals surface area contributed by atoms with Crippen molar-refractivity contribution in [2.45, 2.75) is 26.7 Å². The van der Waals surface area contributed by atoms with Crippen LogP contribution in [0.5, 0.6) is 0 Å². The van der Waals surface area contributed by atoms with Crippen molar-refractivity contribution in [1.82, 2.24) is 0 Å².